The molecule has 2 aromatic rings. The van der Waals surface area contributed by atoms with E-state index in [2.05, 4.69) is 41.0 Å². The number of urea groups is 1. The van der Waals surface area contributed by atoms with Crippen molar-refractivity contribution in [1.29, 1.82) is 0 Å². The first-order valence-electron chi connectivity index (χ1n) is 13.3. The average molecular weight is 522 g/mol. The van der Waals surface area contributed by atoms with Gasteiger partial charge in [0, 0.05) is 50.6 Å². The minimum absolute atomic E-state index is 0.0554. The number of hydrogen-bond donors (Lipinski definition) is 0. The highest BCUT2D eigenvalue weighted by Gasteiger charge is 2.54. The maximum atomic E-state index is 13.9. The number of carbonyl (C=O) groups is 1. The van der Waals surface area contributed by atoms with Gasteiger partial charge < -0.3 is 23.8 Å². The second kappa shape index (κ2) is 10.9. The number of amides is 2. The van der Waals surface area contributed by atoms with Crippen LogP contribution >= 0.6 is 0 Å². The molecule has 0 atom stereocenters. The highest BCUT2D eigenvalue weighted by Crippen LogP contribution is 2.47. The van der Waals surface area contributed by atoms with Crippen LogP contribution < -0.4 is 14.2 Å². The molecular weight excluding hydrogens is 482 g/mol. The number of nitrogens with zero attached hydrogens (tertiary/aromatic N) is 3. The van der Waals surface area contributed by atoms with Crippen molar-refractivity contribution in [1.82, 2.24) is 14.7 Å². The normalized spacial score (nSPS) is 18.7. The lowest BCUT2D eigenvalue weighted by atomic mass is 9.83. The number of allylic oxidation sites excluding steroid dienone is 1. The highest BCUT2D eigenvalue weighted by atomic mass is 16.5. The first-order chi connectivity index (χ1) is 18.4. The number of rotatable bonds is 8. The first kappa shape index (κ1) is 26.4. The zero-order valence-electron chi connectivity index (χ0n) is 23.2. The van der Waals surface area contributed by atoms with Crippen molar-refractivity contribution < 1.29 is 23.7 Å². The molecule has 0 aromatic heterocycles. The van der Waals surface area contributed by atoms with E-state index in [0.29, 0.717) is 26.1 Å². The van der Waals surface area contributed by atoms with Gasteiger partial charge in [0.15, 0.2) is 0 Å². The summed E-state index contributed by atoms with van der Waals surface area (Å²) in [5.41, 5.74) is 5.42. The lowest BCUT2D eigenvalue weighted by Crippen LogP contribution is -2.54. The Morgan fingerprint density at radius 3 is 2.34 bits per heavy atom. The lowest BCUT2D eigenvalue weighted by molar-refractivity contribution is 0.0670. The zero-order valence-corrected chi connectivity index (χ0v) is 23.2. The van der Waals surface area contributed by atoms with Gasteiger partial charge in [0.25, 0.3) is 0 Å². The number of methoxy groups -OCH3 is 4. The Morgan fingerprint density at radius 1 is 0.921 bits per heavy atom. The molecule has 204 valence electrons. The van der Waals surface area contributed by atoms with E-state index in [1.54, 1.807) is 28.4 Å². The summed E-state index contributed by atoms with van der Waals surface area (Å²) in [6.45, 7) is 6.37. The van der Waals surface area contributed by atoms with Crippen molar-refractivity contribution in [3.8, 4) is 17.2 Å². The van der Waals surface area contributed by atoms with Crippen LogP contribution in [0.25, 0.3) is 0 Å². The Kier molecular flexibility index (Phi) is 7.54. The lowest BCUT2D eigenvalue weighted by Gasteiger charge is -2.44. The van der Waals surface area contributed by atoms with E-state index in [-0.39, 0.29) is 11.6 Å². The fraction of sp³-hybridized carbons (Fsp3) is 0.500. The maximum absolute atomic E-state index is 13.9. The second-order valence-electron chi connectivity index (χ2n) is 10.4. The monoisotopic (exact) mass is 521 g/mol. The third kappa shape index (κ3) is 4.71. The van der Waals surface area contributed by atoms with Gasteiger partial charge in [0.2, 0.25) is 0 Å². The number of piperidine rings is 1. The smallest absolute Gasteiger partial charge is 0.325 e. The highest BCUT2D eigenvalue weighted by molar-refractivity contribution is 5.83. The molecule has 0 aliphatic carbocycles. The summed E-state index contributed by atoms with van der Waals surface area (Å²) in [6.07, 6.45) is 4.73. The molecule has 3 aliphatic rings. The topological polar surface area (TPSA) is 63.7 Å². The van der Waals surface area contributed by atoms with E-state index in [9.17, 15) is 4.79 Å². The van der Waals surface area contributed by atoms with Crippen molar-refractivity contribution in [3.63, 3.8) is 0 Å². The molecule has 2 aromatic carbocycles. The Hall–Kier alpha value is -3.23. The molecule has 8 nitrogen and oxygen atoms in total. The van der Waals surface area contributed by atoms with Crippen LogP contribution in [0.2, 0.25) is 0 Å². The Balaban J connectivity index is 1.43. The average Bonchev–Trinajstić information content (AvgIpc) is 3.04. The third-order valence-corrected chi connectivity index (χ3v) is 8.26. The van der Waals surface area contributed by atoms with Gasteiger partial charge in [-0.25, -0.2) is 4.79 Å². The van der Waals surface area contributed by atoms with Crippen LogP contribution in [-0.2, 0) is 24.2 Å². The molecule has 2 amide bonds. The molecule has 8 heteroatoms. The standard InChI is InChI=1S/C30H39N3O5/c1-21-14-22(16-24(15-21)36-3)19-31-10-8-30(9-11-31)28-7-6-26-23(17-25(37-4)18-27(26)38-5)20-32(28)29(34)33(30)12-13-35-2/h7,14-18H,6,8-13,19-20H2,1-5H3. The van der Waals surface area contributed by atoms with Crippen LogP contribution in [0.3, 0.4) is 0 Å². The van der Waals surface area contributed by atoms with E-state index in [0.717, 1.165) is 66.5 Å². The number of carbonyl (C=O) groups excluding carboxylic acids is 1. The van der Waals surface area contributed by atoms with Crippen molar-refractivity contribution >= 4 is 6.03 Å². The van der Waals surface area contributed by atoms with Crippen LogP contribution in [0.4, 0.5) is 4.79 Å². The fourth-order valence-corrected chi connectivity index (χ4v) is 6.38. The minimum atomic E-state index is -0.338. The number of benzene rings is 2. The van der Waals surface area contributed by atoms with Crippen molar-refractivity contribution in [3.05, 3.63) is 64.4 Å². The van der Waals surface area contributed by atoms with E-state index in [1.165, 1.54) is 11.1 Å². The number of likely N-dealkylation sites (tertiary alicyclic amines) is 1. The molecule has 3 aliphatic heterocycles. The molecule has 3 heterocycles. The summed E-state index contributed by atoms with van der Waals surface area (Å²) in [4.78, 5) is 20.5. The molecule has 0 N–H and O–H groups in total. The van der Waals surface area contributed by atoms with Crippen LogP contribution in [-0.4, -0.2) is 81.0 Å². The van der Waals surface area contributed by atoms with Gasteiger partial charge in [0.05, 0.1) is 40.0 Å². The molecule has 1 spiro atoms. The van der Waals surface area contributed by atoms with E-state index >= 15 is 0 Å². The molecule has 0 unspecified atom stereocenters. The van der Waals surface area contributed by atoms with Crippen LogP contribution in [0.1, 0.15) is 35.1 Å². The molecule has 2 saturated heterocycles. The van der Waals surface area contributed by atoms with Crippen LogP contribution in [0.15, 0.2) is 42.1 Å². The Bertz CT molecular complexity index is 1220. The van der Waals surface area contributed by atoms with Gasteiger partial charge >= 0.3 is 6.03 Å². The van der Waals surface area contributed by atoms with Crippen molar-refractivity contribution in [2.24, 2.45) is 0 Å². The number of fused-ring (bicyclic) bond motifs is 3. The molecular formula is C30H39N3O5. The molecule has 0 radical (unpaired) electrons. The predicted octanol–water partition coefficient (Wildman–Crippen LogP) is 4.38. The largest absolute Gasteiger partial charge is 0.497 e. The fourth-order valence-electron chi connectivity index (χ4n) is 6.38. The van der Waals surface area contributed by atoms with Gasteiger partial charge in [-0.3, -0.25) is 9.80 Å². The van der Waals surface area contributed by atoms with Crippen molar-refractivity contribution in [2.45, 2.75) is 44.8 Å². The zero-order chi connectivity index (χ0) is 26.9. The number of aryl methyl sites for hydroxylation is 1. The molecule has 0 bridgehead atoms. The SMILES string of the molecule is COCCN1C(=O)N2Cc3cc(OC)cc(OC)c3CC=C2C12CCN(Cc1cc(C)cc(OC)c1)CC2. The van der Waals surface area contributed by atoms with Gasteiger partial charge in [-0.15, -0.1) is 0 Å². The molecule has 38 heavy (non-hydrogen) atoms. The summed E-state index contributed by atoms with van der Waals surface area (Å²) in [5, 5.41) is 0. The Morgan fingerprint density at radius 2 is 1.66 bits per heavy atom. The first-order valence-corrected chi connectivity index (χ1v) is 13.3. The quantitative estimate of drug-likeness (QED) is 0.514. The molecule has 5 rings (SSSR count). The van der Waals surface area contributed by atoms with Gasteiger partial charge in [-0.1, -0.05) is 12.1 Å². The molecule has 2 fully saturated rings. The molecule has 0 saturated carbocycles. The van der Waals surface area contributed by atoms with Gasteiger partial charge in [0.1, 0.15) is 17.2 Å². The summed E-state index contributed by atoms with van der Waals surface area (Å²) in [6, 6.07) is 10.4. The minimum Gasteiger partial charge on any atom is -0.497 e. The summed E-state index contributed by atoms with van der Waals surface area (Å²) in [5.74, 6) is 2.44. The second-order valence-corrected chi connectivity index (χ2v) is 10.4. The summed E-state index contributed by atoms with van der Waals surface area (Å²) in [7, 11) is 6.75. The van der Waals surface area contributed by atoms with Gasteiger partial charge in [-0.05, 0) is 61.1 Å². The van der Waals surface area contributed by atoms with Gasteiger partial charge in [-0.2, -0.15) is 0 Å². The maximum Gasteiger partial charge on any atom is 0.325 e. The number of hydrogen-bond acceptors (Lipinski definition) is 6. The number of ether oxygens (including phenoxy) is 4. The Labute approximate surface area is 225 Å². The third-order valence-electron chi connectivity index (χ3n) is 8.26. The summed E-state index contributed by atoms with van der Waals surface area (Å²) >= 11 is 0. The predicted molar refractivity (Wildman–Crippen MR) is 146 cm³/mol. The summed E-state index contributed by atoms with van der Waals surface area (Å²) < 4.78 is 22.2. The van der Waals surface area contributed by atoms with E-state index < -0.39 is 0 Å². The van der Waals surface area contributed by atoms with Crippen molar-refractivity contribution in [2.75, 3.05) is 54.7 Å². The van der Waals surface area contributed by atoms with Crippen LogP contribution in [0.5, 0.6) is 17.2 Å². The van der Waals surface area contributed by atoms with E-state index in [4.69, 9.17) is 18.9 Å². The van der Waals surface area contributed by atoms with Crippen LogP contribution in [0, 0.1) is 6.92 Å². The van der Waals surface area contributed by atoms with E-state index in [1.807, 2.05) is 17.0 Å².